The van der Waals surface area contributed by atoms with Crippen LogP contribution in [0.1, 0.15) is 11.3 Å². The maximum Gasteiger partial charge on any atom is 0.294 e. The van der Waals surface area contributed by atoms with Gasteiger partial charge < -0.3 is 10.8 Å². The third-order valence-corrected chi connectivity index (χ3v) is 8.52. The van der Waals surface area contributed by atoms with Crippen LogP contribution in [0.2, 0.25) is 0 Å². The van der Waals surface area contributed by atoms with Crippen LogP contribution >= 0.6 is 11.3 Å². The lowest BCUT2D eigenvalue weighted by Crippen LogP contribution is -2.09. The minimum Gasteiger partial charge on any atom is -0.395 e. The molecule has 0 fully saturated rings. The standard InChI is InChI=1S/C20H20N6O6S3/c1-11-3-4-14(35(30,31)32)9-16(11)26-19(21)18(12(2)25-26)23-24-20-22-15-6-5-13(10-17(15)33-20)34(28,29)8-7-27/h3-6,9-10,27H,7-8,21H2,1-2H3,(H,30,31,32). The van der Waals surface area contributed by atoms with Crippen LogP contribution in [0, 0.1) is 13.8 Å². The van der Waals surface area contributed by atoms with E-state index in [4.69, 9.17) is 10.8 Å². The Balaban J connectivity index is 1.70. The van der Waals surface area contributed by atoms with E-state index in [9.17, 15) is 21.4 Å². The molecule has 0 saturated heterocycles. The van der Waals surface area contributed by atoms with Crippen molar-refractivity contribution in [3.63, 3.8) is 0 Å². The first-order chi connectivity index (χ1) is 16.4. The molecule has 35 heavy (non-hydrogen) atoms. The van der Waals surface area contributed by atoms with Crippen molar-refractivity contribution in [1.29, 1.82) is 0 Å². The summed E-state index contributed by atoms with van der Waals surface area (Å²) in [4.78, 5) is 4.10. The summed E-state index contributed by atoms with van der Waals surface area (Å²) in [6.07, 6.45) is 0. The summed E-state index contributed by atoms with van der Waals surface area (Å²) in [5.74, 6) is -0.278. The average Bonchev–Trinajstić information content (AvgIpc) is 3.31. The first-order valence-electron chi connectivity index (χ1n) is 10.0. The van der Waals surface area contributed by atoms with Crippen LogP contribution in [0.3, 0.4) is 0 Å². The lowest BCUT2D eigenvalue weighted by molar-refractivity contribution is 0.319. The highest BCUT2D eigenvalue weighted by Crippen LogP contribution is 2.35. The Morgan fingerprint density at radius 2 is 1.77 bits per heavy atom. The molecule has 0 aliphatic rings. The van der Waals surface area contributed by atoms with Gasteiger partial charge in [0, 0.05) is 0 Å². The van der Waals surface area contributed by atoms with Crippen molar-refractivity contribution >= 4 is 58.1 Å². The molecule has 12 nitrogen and oxygen atoms in total. The normalized spacial score (nSPS) is 12.7. The maximum atomic E-state index is 12.2. The average molecular weight is 537 g/mol. The summed E-state index contributed by atoms with van der Waals surface area (Å²) in [5, 5.41) is 21.8. The van der Waals surface area contributed by atoms with Gasteiger partial charge >= 0.3 is 0 Å². The van der Waals surface area contributed by atoms with Gasteiger partial charge in [0.25, 0.3) is 10.1 Å². The van der Waals surface area contributed by atoms with Crippen molar-refractivity contribution in [3.05, 3.63) is 47.7 Å². The molecule has 2 aromatic heterocycles. The number of thiazole rings is 1. The molecule has 0 radical (unpaired) electrons. The summed E-state index contributed by atoms with van der Waals surface area (Å²) in [7, 11) is -8.03. The lowest BCUT2D eigenvalue weighted by Gasteiger charge is -2.09. The van der Waals surface area contributed by atoms with E-state index in [0.29, 0.717) is 27.2 Å². The Bertz CT molecular complexity index is 1690. The predicted molar refractivity (Wildman–Crippen MR) is 130 cm³/mol. The predicted octanol–water partition coefficient (Wildman–Crippen LogP) is 3.11. The summed E-state index contributed by atoms with van der Waals surface area (Å²) < 4.78 is 58.7. The smallest absolute Gasteiger partial charge is 0.294 e. The fourth-order valence-corrected chi connectivity index (χ4v) is 5.73. The molecular formula is C20H20N6O6S3. The molecule has 0 atom stereocenters. The molecule has 4 N–H and O–H groups in total. The molecule has 184 valence electrons. The minimum atomic E-state index is -4.42. The van der Waals surface area contributed by atoms with E-state index >= 15 is 0 Å². The summed E-state index contributed by atoms with van der Waals surface area (Å²) >= 11 is 1.13. The van der Waals surface area contributed by atoms with Crippen LogP contribution in [0.5, 0.6) is 0 Å². The Kier molecular flexibility index (Phi) is 6.46. The molecule has 15 heteroatoms. The van der Waals surface area contributed by atoms with E-state index in [1.807, 2.05) is 0 Å². The molecule has 0 amide bonds. The van der Waals surface area contributed by atoms with Gasteiger partial charge in [-0.05, 0) is 49.7 Å². The van der Waals surface area contributed by atoms with Gasteiger partial charge in [-0.15, -0.1) is 10.2 Å². The Morgan fingerprint density at radius 3 is 2.46 bits per heavy atom. The van der Waals surface area contributed by atoms with E-state index in [-0.39, 0.29) is 32.2 Å². The summed E-state index contributed by atoms with van der Waals surface area (Å²) in [6.45, 7) is 2.91. The molecule has 0 saturated carbocycles. The molecule has 0 aliphatic carbocycles. The number of aliphatic hydroxyl groups excluding tert-OH is 1. The van der Waals surface area contributed by atoms with E-state index in [1.54, 1.807) is 19.9 Å². The maximum absolute atomic E-state index is 12.2. The number of rotatable bonds is 7. The fraction of sp³-hybridized carbons (Fsp3) is 0.200. The van der Waals surface area contributed by atoms with Crippen LogP contribution in [0.4, 0.5) is 16.6 Å². The number of sulfone groups is 1. The number of fused-ring (bicyclic) bond motifs is 1. The third-order valence-electron chi connectivity index (χ3n) is 5.07. The highest BCUT2D eigenvalue weighted by atomic mass is 32.2. The molecule has 0 unspecified atom stereocenters. The molecule has 0 bridgehead atoms. The van der Waals surface area contributed by atoms with Gasteiger partial charge in [-0.1, -0.05) is 17.4 Å². The molecule has 0 aliphatic heterocycles. The minimum absolute atomic E-state index is 0.0787. The van der Waals surface area contributed by atoms with Gasteiger partial charge in [-0.25, -0.2) is 18.1 Å². The largest absolute Gasteiger partial charge is 0.395 e. The number of hydrogen-bond donors (Lipinski definition) is 3. The van der Waals surface area contributed by atoms with Crippen LogP contribution in [0.25, 0.3) is 15.9 Å². The van der Waals surface area contributed by atoms with E-state index in [2.05, 4.69) is 20.3 Å². The molecule has 0 spiro atoms. The molecule has 2 aromatic carbocycles. The second-order valence-electron chi connectivity index (χ2n) is 7.52. The number of azo groups is 1. The van der Waals surface area contributed by atoms with Crippen LogP contribution in [-0.4, -0.2) is 53.6 Å². The summed E-state index contributed by atoms with van der Waals surface area (Å²) in [6, 6.07) is 8.49. The Morgan fingerprint density at radius 1 is 1.06 bits per heavy atom. The topological polar surface area (TPSA) is 190 Å². The lowest BCUT2D eigenvalue weighted by atomic mass is 10.2. The van der Waals surface area contributed by atoms with Crippen molar-refractivity contribution in [2.45, 2.75) is 23.6 Å². The molecule has 2 heterocycles. The number of aliphatic hydroxyl groups is 1. The molecule has 4 aromatic rings. The van der Waals surface area contributed by atoms with Crippen LogP contribution in [0.15, 0.2) is 56.4 Å². The monoisotopic (exact) mass is 536 g/mol. The first kappa shape index (κ1) is 24.9. The van der Waals surface area contributed by atoms with Crippen LogP contribution < -0.4 is 5.73 Å². The number of benzene rings is 2. The van der Waals surface area contributed by atoms with Crippen LogP contribution in [-0.2, 0) is 20.0 Å². The zero-order chi connectivity index (χ0) is 25.5. The Hall–Kier alpha value is -3.24. The summed E-state index contributed by atoms with van der Waals surface area (Å²) in [5.41, 5.74) is 8.43. The number of hydrogen-bond acceptors (Lipinski definition) is 11. The van der Waals surface area contributed by atoms with Gasteiger partial charge in [-0.2, -0.15) is 13.5 Å². The number of anilines is 1. The SMILES string of the molecule is Cc1ccc(S(=O)(=O)O)cc1-n1nc(C)c(N=Nc2nc3ccc(S(=O)(=O)CCO)cc3s2)c1N. The zero-order valence-corrected chi connectivity index (χ0v) is 20.9. The second-order valence-corrected chi connectivity index (χ2v) is 12.1. The highest BCUT2D eigenvalue weighted by molar-refractivity contribution is 7.91. The molecule has 4 rings (SSSR count). The van der Waals surface area contributed by atoms with E-state index in [1.165, 1.54) is 35.0 Å². The van der Waals surface area contributed by atoms with E-state index in [0.717, 1.165) is 11.3 Å². The first-order valence-corrected chi connectivity index (χ1v) is 13.9. The van der Waals surface area contributed by atoms with Crippen molar-refractivity contribution in [2.24, 2.45) is 10.2 Å². The van der Waals surface area contributed by atoms with Crippen molar-refractivity contribution in [3.8, 4) is 5.69 Å². The van der Waals surface area contributed by atoms with Crippen molar-refractivity contribution in [2.75, 3.05) is 18.1 Å². The number of nitrogens with zero attached hydrogens (tertiary/aromatic N) is 5. The fourth-order valence-electron chi connectivity index (χ4n) is 3.28. The highest BCUT2D eigenvalue weighted by Gasteiger charge is 2.19. The van der Waals surface area contributed by atoms with E-state index < -0.39 is 26.6 Å². The van der Waals surface area contributed by atoms with Gasteiger partial charge in [-0.3, -0.25) is 4.55 Å². The van der Waals surface area contributed by atoms with Gasteiger partial charge in [0.15, 0.2) is 21.3 Å². The Labute approximate surface area is 204 Å². The number of nitrogens with two attached hydrogens (primary N) is 1. The van der Waals surface area contributed by atoms with Crippen molar-refractivity contribution < 1.29 is 26.5 Å². The number of aryl methyl sites for hydroxylation is 2. The van der Waals surface area contributed by atoms with Gasteiger partial charge in [0.05, 0.1) is 43.7 Å². The third kappa shape index (κ3) is 4.94. The second kappa shape index (κ2) is 9.09. The molecular weight excluding hydrogens is 516 g/mol. The van der Waals surface area contributed by atoms with Gasteiger partial charge in [0.1, 0.15) is 0 Å². The zero-order valence-electron chi connectivity index (χ0n) is 18.4. The number of nitrogen functional groups attached to an aromatic ring is 1. The van der Waals surface area contributed by atoms with Crippen molar-refractivity contribution in [1.82, 2.24) is 14.8 Å². The quantitative estimate of drug-likeness (QED) is 0.235. The van der Waals surface area contributed by atoms with Gasteiger partial charge in [0.2, 0.25) is 5.13 Å². The number of aromatic nitrogens is 3.